The van der Waals surface area contributed by atoms with Crippen molar-refractivity contribution in [2.24, 2.45) is 0 Å². The zero-order valence-electron chi connectivity index (χ0n) is 9.27. The van der Waals surface area contributed by atoms with Crippen LogP contribution in [0.25, 0.3) is 0 Å². The Kier molecular flexibility index (Phi) is 3.69. The lowest BCUT2D eigenvalue weighted by molar-refractivity contribution is 0.151. The van der Waals surface area contributed by atoms with Crippen molar-refractivity contribution < 1.29 is 14.0 Å². The minimum absolute atomic E-state index is 0.0589. The van der Waals surface area contributed by atoms with Crippen LogP contribution >= 0.6 is 0 Å². The van der Waals surface area contributed by atoms with E-state index < -0.39 is 6.43 Å². The monoisotopic (exact) mass is 251 g/mol. The highest BCUT2D eigenvalue weighted by molar-refractivity contribution is 5.60. The third-order valence-electron chi connectivity index (χ3n) is 2.30. The summed E-state index contributed by atoms with van der Waals surface area (Å²) in [6.07, 6.45) is -1.03. The van der Waals surface area contributed by atoms with E-state index in [1.807, 2.05) is 5.48 Å². The van der Waals surface area contributed by atoms with Crippen LogP contribution in [0, 0.1) is 0 Å². The number of anilines is 3. The molecule has 4 nitrogen and oxygen atoms in total. The summed E-state index contributed by atoms with van der Waals surface area (Å²) in [7, 11) is 0. The molecule has 2 rings (SSSR count). The average molecular weight is 251 g/mol. The molecule has 0 atom stereocenters. The normalized spacial score (nSPS) is 10.4. The van der Waals surface area contributed by atoms with Gasteiger partial charge in [-0.2, -0.15) is 0 Å². The van der Waals surface area contributed by atoms with Gasteiger partial charge < -0.3 is 5.32 Å². The van der Waals surface area contributed by atoms with Gasteiger partial charge >= 0.3 is 0 Å². The molecule has 18 heavy (non-hydrogen) atoms. The SMILES string of the molecule is ONc1ccnc(Nc2cccc(C(F)F)c2)c1. The van der Waals surface area contributed by atoms with Crippen LogP contribution in [0.5, 0.6) is 0 Å². The van der Waals surface area contributed by atoms with E-state index in [-0.39, 0.29) is 5.56 Å². The van der Waals surface area contributed by atoms with E-state index in [1.165, 1.54) is 24.4 Å². The summed E-state index contributed by atoms with van der Waals surface area (Å²) in [5, 5.41) is 11.6. The third kappa shape index (κ3) is 2.92. The highest BCUT2D eigenvalue weighted by Crippen LogP contribution is 2.23. The standard InChI is InChI=1S/C12H11F2N3O/c13-12(14)8-2-1-3-9(6-8)16-11-7-10(17-18)4-5-15-11/h1-7,12,18H,(H2,15,16,17). The maximum absolute atomic E-state index is 12.5. The molecule has 0 saturated heterocycles. The number of alkyl halides is 2. The molecule has 0 fully saturated rings. The maximum Gasteiger partial charge on any atom is 0.263 e. The molecule has 0 spiro atoms. The second kappa shape index (κ2) is 5.42. The summed E-state index contributed by atoms with van der Waals surface area (Å²) in [4.78, 5) is 4.01. The summed E-state index contributed by atoms with van der Waals surface area (Å²) < 4.78 is 25.0. The van der Waals surface area contributed by atoms with Crippen molar-refractivity contribution in [2.75, 3.05) is 10.8 Å². The predicted molar refractivity (Wildman–Crippen MR) is 64.3 cm³/mol. The molecule has 0 amide bonds. The lowest BCUT2D eigenvalue weighted by atomic mass is 10.2. The maximum atomic E-state index is 12.5. The van der Waals surface area contributed by atoms with Crippen LogP contribution in [0.1, 0.15) is 12.0 Å². The van der Waals surface area contributed by atoms with Gasteiger partial charge in [-0.1, -0.05) is 12.1 Å². The molecule has 6 heteroatoms. The van der Waals surface area contributed by atoms with E-state index in [1.54, 1.807) is 18.2 Å². The first-order valence-electron chi connectivity index (χ1n) is 5.20. The van der Waals surface area contributed by atoms with Gasteiger partial charge in [0.2, 0.25) is 0 Å². The van der Waals surface area contributed by atoms with E-state index in [0.29, 0.717) is 17.2 Å². The zero-order chi connectivity index (χ0) is 13.0. The Morgan fingerprint density at radius 1 is 1.11 bits per heavy atom. The smallest absolute Gasteiger partial charge is 0.263 e. The molecule has 3 N–H and O–H groups in total. The first-order chi connectivity index (χ1) is 8.69. The highest BCUT2D eigenvalue weighted by atomic mass is 19.3. The summed E-state index contributed by atoms with van der Waals surface area (Å²) in [6, 6.07) is 9.03. The van der Waals surface area contributed by atoms with Crippen molar-refractivity contribution in [1.29, 1.82) is 0 Å². The van der Waals surface area contributed by atoms with Gasteiger partial charge in [-0.05, 0) is 18.2 Å². The van der Waals surface area contributed by atoms with Crippen LogP contribution in [-0.4, -0.2) is 10.2 Å². The van der Waals surface area contributed by atoms with E-state index in [0.717, 1.165) is 0 Å². The molecule has 1 aromatic heterocycles. The van der Waals surface area contributed by atoms with E-state index in [9.17, 15) is 8.78 Å². The molecule has 0 aliphatic rings. The van der Waals surface area contributed by atoms with E-state index >= 15 is 0 Å². The molecular formula is C12H11F2N3O. The number of hydrogen-bond acceptors (Lipinski definition) is 4. The lowest BCUT2D eigenvalue weighted by Gasteiger charge is -2.08. The van der Waals surface area contributed by atoms with Gasteiger partial charge in [-0.3, -0.25) is 10.7 Å². The fourth-order valence-electron chi connectivity index (χ4n) is 1.47. The Morgan fingerprint density at radius 2 is 1.94 bits per heavy atom. The molecule has 0 aliphatic heterocycles. The van der Waals surface area contributed by atoms with Crippen molar-refractivity contribution in [3.05, 3.63) is 48.2 Å². The number of hydrogen-bond donors (Lipinski definition) is 3. The van der Waals surface area contributed by atoms with E-state index in [2.05, 4.69) is 10.3 Å². The Bertz CT molecular complexity index is 534. The molecule has 0 saturated carbocycles. The fraction of sp³-hybridized carbons (Fsp3) is 0.0833. The van der Waals surface area contributed by atoms with Gasteiger partial charge in [0.05, 0.1) is 5.69 Å². The van der Waals surface area contributed by atoms with E-state index in [4.69, 9.17) is 5.21 Å². The molecule has 2 aromatic rings. The second-order valence-electron chi connectivity index (χ2n) is 3.59. The quantitative estimate of drug-likeness (QED) is 0.727. The Labute approximate surface area is 102 Å². The molecule has 0 radical (unpaired) electrons. The zero-order valence-corrected chi connectivity index (χ0v) is 9.27. The van der Waals surface area contributed by atoms with Crippen molar-refractivity contribution >= 4 is 17.2 Å². The second-order valence-corrected chi connectivity index (χ2v) is 3.59. The van der Waals surface area contributed by atoms with Gasteiger partial charge in [0, 0.05) is 23.5 Å². The van der Waals surface area contributed by atoms with Crippen LogP contribution in [0.4, 0.5) is 26.0 Å². The number of halogens is 2. The van der Waals surface area contributed by atoms with Crippen molar-refractivity contribution in [2.45, 2.75) is 6.43 Å². The van der Waals surface area contributed by atoms with Crippen LogP contribution in [0.3, 0.4) is 0 Å². The number of nitrogens with zero attached hydrogens (tertiary/aromatic N) is 1. The Morgan fingerprint density at radius 3 is 2.67 bits per heavy atom. The molecule has 0 unspecified atom stereocenters. The number of pyridine rings is 1. The highest BCUT2D eigenvalue weighted by Gasteiger charge is 2.07. The molecule has 1 heterocycles. The summed E-state index contributed by atoms with van der Waals surface area (Å²) in [5.41, 5.74) is 2.89. The molecule has 0 bridgehead atoms. The van der Waals surface area contributed by atoms with Crippen LogP contribution in [0.2, 0.25) is 0 Å². The van der Waals surface area contributed by atoms with Crippen LogP contribution in [0.15, 0.2) is 42.6 Å². The molecule has 1 aromatic carbocycles. The average Bonchev–Trinajstić information content (AvgIpc) is 2.39. The number of rotatable bonds is 4. The minimum atomic E-state index is -2.51. The predicted octanol–water partition coefficient (Wildman–Crippen LogP) is 3.56. The largest absolute Gasteiger partial charge is 0.340 e. The van der Waals surface area contributed by atoms with Gasteiger partial charge in [-0.25, -0.2) is 13.8 Å². The summed E-state index contributed by atoms with van der Waals surface area (Å²) >= 11 is 0. The van der Waals surface area contributed by atoms with Gasteiger partial charge in [0.1, 0.15) is 5.82 Å². The lowest BCUT2D eigenvalue weighted by Crippen LogP contribution is -1.96. The Balaban J connectivity index is 2.20. The third-order valence-corrected chi connectivity index (χ3v) is 2.30. The first-order valence-corrected chi connectivity index (χ1v) is 5.20. The Hall–Kier alpha value is -2.21. The number of benzene rings is 1. The van der Waals surface area contributed by atoms with Gasteiger partial charge in [0.25, 0.3) is 6.43 Å². The molecule has 94 valence electrons. The number of nitrogens with one attached hydrogen (secondary N) is 2. The topological polar surface area (TPSA) is 57.2 Å². The number of aromatic nitrogens is 1. The van der Waals surface area contributed by atoms with Gasteiger partial charge in [0.15, 0.2) is 0 Å². The van der Waals surface area contributed by atoms with Crippen LogP contribution in [-0.2, 0) is 0 Å². The first kappa shape index (κ1) is 12.3. The summed E-state index contributed by atoms with van der Waals surface area (Å²) in [5.74, 6) is 0.445. The van der Waals surface area contributed by atoms with Crippen molar-refractivity contribution in [3.63, 3.8) is 0 Å². The van der Waals surface area contributed by atoms with Crippen molar-refractivity contribution in [1.82, 2.24) is 4.98 Å². The molecule has 0 aliphatic carbocycles. The molecular weight excluding hydrogens is 240 g/mol. The summed E-state index contributed by atoms with van der Waals surface area (Å²) in [6.45, 7) is 0. The van der Waals surface area contributed by atoms with Gasteiger partial charge in [-0.15, -0.1) is 0 Å². The van der Waals surface area contributed by atoms with Crippen molar-refractivity contribution in [3.8, 4) is 0 Å². The van der Waals surface area contributed by atoms with Crippen LogP contribution < -0.4 is 10.8 Å². The fourth-order valence-corrected chi connectivity index (χ4v) is 1.47. The minimum Gasteiger partial charge on any atom is -0.340 e.